The molecule has 0 aromatic carbocycles. The number of likely N-dealkylation sites (N-methyl/N-ethyl adjacent to an activating group) is 1. The van der Waals surface area contributed by atoms with Crippen LogP contribution < -0.4 is 0 Å². The van der Waals surface area contributed by atoms with Crippen LogP contribution in [-0.2, 0) is 15.0 Å². The quantitative estimate of drug-likeness (QED) is 0.629. The van der Waals surface area contributed by atoms with Gasteiger partial charge in [-0.25, -0.2) is 4.31 Å². The van der Waals surface area contributed by atoms with Crippen LogP contribution in [0.3, 0.4) is 0 Å². The maximum atomic E-state index is 11.5. The van der Waals surface area contributed by atoms with Crippen LogP contribution >= 0.6 is 0 Å². The molecule has 0 aromatic rings. The van der Waals surface area contributed by atoms with Gasteiger partial charge in [-0.2, -0.15) is 12.7 Å². The number of nitrogens with zero attached hydrogens (tertiary/aromatic N) is 2. The Bertz CT molecular complexity index is 312. The lowest BCUT2D eigenvalue weighted by Crippen LogP contribution is -2.33. The highest BCUT2D eigenvalue weighted by atomic mass is 32.2. The monoisotopic (exact) mass is 206 g/mol. The Morgan fingerprint density at radius 3 is 2.31 bits per heavy atom. The third-order valence-electron chi connectivity index (χ3n) is 2.22. The third kappa shape index (κ3) is 1.44. The summed E-state index contributed by atoms with van der Waals surface area (Å²) in [5.74, 6) is -0.329. The van der Waals surface area contributed by atoms with E-state index in [4.69, 9.17) is 0 Å². The van der Waals surface area contributed by atoms with Crippen LogP contribution in [0, 0.1) is 0 Å². The van der Waals surface area contributed by atoms with Crippen molar-refractivity contribution >= 4 is 16.1 Å². The molecule has 1 atom stereocenters. The van der Waals surface area contributed by atoms with Gasteiger partial charge in [0, 0.05) is 13.6 Å². The van der Waals surface area contributed by atoms with Crippen LogP contribution in [0.2, 0.25) is 0 Å². The summed E-state index contributed by atoms with van der Waals surface area (Å²) < 4.78 is 25.1. The fraction of sp³-hybridized carbons (Fsp3) is 0.857. The Morgan fingerprint density at radius 2 is 2.00 bits per heavy atom. The normalized spacial score (nSPS) is 28.4. The second kappa shape index (κ2) is 3.26. The molecule has 1 amide bonds. The zero-order chi connectivity index (χ0) is 10.2. The van der Waals surface area contributed by atoms with E-state index < -0.39 is 16.3 Å². The first-order valence-corrected chi connectivity index (χ1v) is 5.62. The van der Waals surface area contributed by atoms with Crippen molar-refractivity contribution in [3.63, 3.8) is 0 Å². The molecule has 0 radical (unpaired) electrons. The lowest BCUT2D eigenvalue weighted by Gasteiger charge is -2.14. The summed E-state index contributed by atoms with van der Waals surface area (Å²) in [5, 5.41) is 0. The van der Waals surface area contributed by atoms with Crippen molar-refractivity contribution in [1.29, 1.82) is 0 Å². The summed E-state index contributed by atoms with van der Waals surface area (Å²) in [6.07, 6.45) is 0.644. The maximum Gasteiger partial charge on any atom is 0.306 e. The highest BCUT2D eigenvalue weighted by molar-refractivity contribution is 7.87. The van der Waals surface area contributed by atoms with Crippen LogP contribution in [0.15, 0.2) is 0 Å². The van der Waals surface area contributed by atoms with E-state index in [1.807, 2.05) is 6.92 Å². The number of carbonyl (C=O) groups excluding carboxylic acids is 1. The van der Waals surface area contributed by atoms with Gasteiger partial charge in [-0.3, -0.25) is 4.79 Å². The molecule has 0 aromatic heterocycles. The summed E-state index contributed by atoms with van der Waals surface area (Å²) in [6.45, 7) is 3.71. The van der Waals surface area contributed by atoms with E-state index in [9.17, 15) is 13.2 Å². The third-order valence-corrected chi connectivity index (χ3v) is 4.18. The van der Waals surface area contributed by atoms with Crippen molar-refractivity contribution in [2.75, 3.05) is 13.6 Å². The molecule has 1 aliphatic rings. The molecule has 1 aliphatic heterocycles. The van der Waals surface area contributed by atoms with Gasteiger partial charge in [0.2, 0.25) is 0 Å². The van der Waals surface area contributed by atoms with Crippen LogP contribution in [0.4, 0.5) is 0 Å². The molecule has 76 valence electrons. The van der Waals surface area contributed by atoms with Crippen molar-refractivity contribution < 1.29 is 13.2 Å². The Balaban J connectivity index is 3.03. The molecular formula is C7H14N2O3S. The Kier molecular flexibility index (Phi) is 2.63. The Morgan fingerprint density at radius 1 is 1.46 bits per heavy atom. The average Bonchev–Trinajstić information content (AvgIpc) is 2.20. The average molecular weight is 206 g/mol. The molecule has 0 saturated carbocycles. The van der Waals surface area contributed by atoms with E-state index in [2.05, 4.69) is 0 Å². The summed E-state index contributed by atoms with van der Waals surface area (Å²) in [6, 6.07) is -0.559. The van der Waals surface area contributed by atoms with Gasteiger partial charge in [0.05, 0.1) is 0 Å². The predicted octanol–water partition coefficient (Wildman–Crippen LogP) is -0.196. The van der Waals surface area contributed by atoms with Crippen LogP contribution in [-0.4, -0.2) is 42.6 Å². The van der Waals surface area contributed by atoms with E-state index in [1.165, 1.54) is 7.05 Å². The fourth-order valence-corrected chi connectivity index (χ4v) is 2.86. The van der Waals surface area contributed by atoms with Crippen molar-refractivity contribution in [1.82, 2.24) is 8.61 Å². The van der Waals surface area contributed by atoms with Crippen LogP contribution in [0.5, 0.6) is 0 Å². The highest BCUT2D eigenvalue weighted by Gasteiger charge is 2.45. The molecule has 0 spiro atoms. The van der Waals surface area contributed by atoms with Gasteiger partial charge < -0.3 is 0 Å². The van der Waals surface area contributed by atoms with E-state index >= 15 is 0 Å². The number of hydrogen-bond donors (Lipinski definition) is 0. The van der Waals surface area contributed by atoms with Gasteiger partial charge in [-0.15, -0.1) is 0 Å². The molecule has 1 heterocycles. The first-order chi connectivity index (χ1) is 5.92. The Hall–Kier alpha value is -0.620. The minimum absolute atomic E-state index is 0.274. The van der Waals surface area contributed by atoms with Gasteiger partial charge in [0.25, 0.3) is 5.91 Å². The first kappa shape index (κ1) is 10.5. The first-order valence-electron chi connectivity index (χ1n) is 4.22. The lowest BCUT2D eigenvalue weighted by atomic mass is 10.3. The molecule has 6 heteroatoms. The topological polar surface area (TPSA) is 57.7 Å². The highest BCUT2D eigenvalue weighted by Crippen LogP contribution is 2.21. The number of hydrogen-bond acceptors (Lipinski definition) is 3. The standard InChI is InChI=1S/C7H14N2O3S/c1-4-5-9-7(10)6(2)8(3)13(9,11)12/h6H,4-5H2,1-3H3. The molecule has 0 aliphatic carbocycles. The second-order valence-corrected chi connectivity index (χ2v) is 5.02. The van der Waals surface area contributed by atoms with Crippen LogP contribution in [0.25, 0.3) is 0 Å². The van der Waals surface area contributed by atoms with Gasteiger partial charge in [0.15, 0.2) is 0 Å². The zero-order valence-electron chi connectivity index (χ0n) is 8.02. The molecule has 0 bridgehead atoms. The maximum absolute atomic E-state index is 11.5. The molecule has 13 heavy (non-hydrogen) atoms. The number of amides is 1. The lowest BCUT2D eigenvalue weighted by molar-refractivity contribution is -0.127. The Labute approximate surface area is 78.5 Å². The fourth-order valence-electron chi connectivity index (χ4n) is 1.26. The predicted molar refractivity (Wildman–Crippen MR) is 48.1 cm³/mol. The van der Waals surface area contributed by atoms with E-state index in [1.54, 1.807) is 6.92 Å². The summed E-state index contributed by atoms with van der Waals surface area (Å²) in [5.41, 5.74) is 0. The summed E-state index contributed by atoms with van der Waals surface area (Å²) in [7, 11) is -2.09. The van der Waals surface area contributed by atoms with E-state index in [0.717, 1.165) is 8.61 Å². The molecular weight excluding hydrogens is 192 g/mol. The van der Waals surface area contributed by atoms with E-state index in [0.29, 0.717) is 6.42 Å². The summed E-state index contributed by atoms with van der Waals surface area (Å²) >= 11 is 0. The summed E-state index contributed by atoms with van der Waals surface area (Å²) in [4.78, 5) is 11.4. The van der Waals surface area contributed by atoms with Crippen molar-refractivity contribution in [3.05, 3.63) is 0 Å². The van der Waals surface area contributed by atoms with Gasteiger partial charge in [0.1, 0.15) is 6.04 Å². The second-order valence-electron chi connectivity index (χ2n) is 3.11. The van der Waals surface area contributed by atoms with Gasteiger partial charge in [-0.1, -0.05) is 6.92 Å². The number of carbonyl (C=O) groups is 1. The van der Waals surface area contributed by atoms with Crippen molar-refractivity contribution in [2.24, 2.45) is 0 Å². The number of rotatable bonds is 2. The molecule has 5 nitrogen and oxygen atoms in total. The van der Waals surface area contributed by atoms with Crippen LogP contribution in [0.1, 0.15) is 20.3 Å². The van der Waals surface area contributed by atoms with E-state index in [-0.39, 0.29) is 12.5 Å². The zero-order valence-corrected chi connectivity index (χ0v) is 8.84. The minimum atomic E-state index is -3.51. The van der Waals surface area contributed by atoms with Crippen molar-refractivity contribution in [3.8, 4) is 0 Å². The molecule has 1 unspecified atom stereocenters. The molecule has 1 rings (SSSR count). The largest absolute Gasteiger partial charge is 0.306 e. The van der Waals surface area contributed by atoms with Gasteiger partial charge in [-0.05, 0) is 13.3 Å². The van der Waals surface area contributed by atoms with Crippen molar-refractivity contribution in [2.45, 2.75) is 26.3 Å². The minimum Gasteiger partial charge on any atom is -0.272 e. The molecule has 0 N–H and O–H groups in total. The molecule has 1 saturated heterocycles. The van der Waals surface area contributed by atoms with Gasteiger partial charge >= 0.3 is 10.2 Å². The SMILES string of the molecule is CCCN1C(=O)C(C)N(C)S1(=O)=O. The smallest absolute Gasteiger partial charge is 0.272 e. The molecule has 1 fully saturated rings.